The van der Waals surface area contributed by atoms with Crippen molar-refractivity contribution in [2.24, 2.45) is 4.99 Å². The van der Waals surface area contributed by atoms with Crippen LogP contribution in [0, 0.1) is 0 Å². The maximum atomic E-state index is 12.5. The summed E-state index contributed by atoms with van der Waals surface area (Å²) >= 11 is 0. The summed E-state index contributed by atoms with van der Waals surface area (Å²) in [5, 5.41) is 3.42. The Morgan fingerprint density at radius 1 is 1.04 bits per heavy atom. The van der Waals surface area contributed by atoms with E-state index < -0.39 is 0 Å². The van der Waals surface area contributed by atoms with Crippen molar-refractivity contribution in [3.8, 4) is 0 Å². The number of carbonyl (C=O) groups is 1. The zero-order chi connectivity index (χ0) is 18.9. The van der Waals surface area contributed by atoms with Gasteiger partial charge in [-0.25, -0.2) is 0 Å². The minimum absolute atomic E-state index is 0. The van der Waals surface area contributed by atoms with Gasteiger partial charge >= 0.3 is 0 Å². The molecule has 7 nitrogen and oxygen atoms in total. The Morgan fingerprint density at radius 2 is 1.71 bits per heavy atom. The third kappa shape index (κ3) is 7.02. The Hall–Kier alpha value is -0.610. The molecule has 2 heterocycles. The maximum Gasteiger partial charge on any atom is 0.251 e. The summed E-state index contributed by atoms with van der Waals surface area (Å²) in [7, 11) is 1.82. The Balaban J connectivity index is 0.00000280. The first-order valence-corrected chi connectivity index (χ1v) is 10.8. The molecule has 8 heteroatoms. The van der Waals surface area contributed by atoms with Gasteiger partial charge in [0.25, 0.3) is 5.91 Å². The molecule has 0 spiro atoms. The van der Waals surface area contributed by atoms with Crippen LogP contribution in [0.1, 0.15) is 51.4 Å². The van der Waals surface area contributed by atoms with Crippen LogP contribution in [0.2, 0.25) is 0 Å². The number of amides is 1. The number of rotatable bonds is 5. The van der Waals surface area contributed by atoms with Gasteiger partial charge in [0.1, 0.15) is 6.10 Å². The molecule has 2 saturated heterocycles. The van der Waals surface area contributed by atoms with E-state index in [0.717, 1.165) is 64.7 Å². The molecule has 1 atom stereocenters. The van der Waals surface area contributed by atoms with Crippen LogP contribution in [0.25, 0.3) is 0 Å². The second kappa shape index (κ2) is 12.8. The van der Waals surface area contributed by atoms with Crippen LogP contribution < -0.4 is 5.32 Å². The van der Waals surface area contributed by atoms with Crippen molar-refractivity contribution in [2.45, 2.75) is 63.6 Å². The predicted octanol–water partition coefficient (Wildman–Crippen LogP) is 2.24. The molecule has 1 N–H and O–H groups in total. The molecule has 2 aliphatic heterocycles. The molecule has 0 radical (unpaired) electrons. The Morgan fingerprint density at radius 3 is 2.32 bits per heavy atom. The number of halogens is 1. The molecule has 0 aromatic rings. The summed E-state index contributed by atoms with van der Waals surface area (Å²) in [4.78, 5) is 21.0. The molecule has 3 rings (SSSR count). The highest BCUT2D eigenvalue weighted by Crippen LogP contribution is 2.19. The number of piperazine rings is 1. The van der Waals surface area contributed by atoms with Gasteiger partial charge in [-0.1, -0.05) is 25.7 Å². The lowest BCUT2D eigenvalue weighted by molar-refractivity contribution is -0.142. The molecular formula is C20H37IN4O3. The summed E-state index contributed by atoms with van der Waals surface area (Å²) in [5.41, 5.74) is 0. The minimum Gasteiger partial charge on any atom is -0.376 e. The van der Waals surface area contributed by atoms with Crippen LogP contribution >= 0.6 is 24.0 Å². The average Bonchev–Trinajstić information content (AvgIpc) is 3.12. The number of hydrogen-bond acceptors (Lipinski definition) is 4. The third-order valence-corrected chi connectivity index (χ3v) is 5.85. The van der Waals surface area contributed by atoms with E-state index in [0.29, 0.717) is 6.10 Å². The summed E-state index contributed by atoms with van der Waals surface area (Å²) in [6.45, 7) is 5.30. The smallest absolute Gasteiger partial charge is 0.251 e. The van der Waals surface area contributed by atoms with Crippen LogP contribution in [0.15, 0.2) is 4.99 Å². The van der Waals surface area contributed by atoms with Gasteiger partial charge in [-0.15, -0.1) is 24.0 Å². The SMILES string of the molecule is CN=C(NCCOC1CCCCCC1)N1CCN(C(=O)C2CCCO2)CC1.I. The quantitative estimate of drug-likeness (QED) is 0.203. The average molecular weight is 508 g/mol. The lowest BCUT2D eigenvalue weighted by Gasteiger charge is -2.37. The monoisotopic (exact) mass is 508 g/mol. The van der Waals surface area contributed by atoms with Crippen LogP contribution in [-0.4, -0.2) is 86.9 Å². The number of ether oxygens (including phenoxy) is 2. The topological polar surface area (TPSA) is 66.4 Å². The van der Waals surface area contributed by atoms with Crippen LogP contribution in [-0.2, 0) is 14.3 Å². The number of carbonyl (C=O) groups excluding carboxylic acids is 1. The highest BCUT2D eigenvalue weighted by atomic mass is 127. The molecule has 3 fully saturated rings. The zero-order valence-electron chi connectivity index (χ0n) is 17.2. The van der Waals surface area contributed by atoms with Gasteiger partial charge in [-0.05, 0) is 25.7 Å². The van der Waals surface area contributed by atoms with Gasteiger partial charge in [-0.3, -0.25) is 9.79 Å². The first-order chi connectivity index (χ1) is 13.3. The Bertz CT molecular complexity index is 484. The van der Waals surface area contributed by atoms with Crippen molar-refractivity contribution in [3.05, 3.63) is 0 Å². The minimum atomic E-state index is -0.213. The maximum absolute atomic E-state index is 12.5. The van der Waals surface area contributed by atoms with Crippen molar-refractivity contribution in [3.63, 3.8) is 0 Å². The van der Waals surface area contributed by atoms with Crippen molar-refractivity contribution in [1.29, 1.82) is 0 Å². The van der Waals surface area contributed by atoms with Crippen molar-refractivity contribution in [1.82, 2.24) is 15.1 Å². The Labute approximate surface area is 186 Å². The fourth-order valence-electron chi connectivity index (χ4n) is 4.24. The van der Waals surface area contributed by atoms with Crippen LogP contribution in [0.3, 0.4) is 0 Å². The van der Waals surface area contributed by atoms with Crippen LogP contribution in [0.4, 0.5) is 0 Å². The van der Waals surface area contributed by atoms with E-state index >= 15 is 0 Å². The van der Waals surface area contributed by atoms with E-state index in [1.165, 1.54) is 38.5 Å². The van der Waals surface area contributed by atoms with E-state index in [2.05, 4.69) is 15.2 Å². The van der Waals surface area contributed by atoms with Crippen LogP contribution in [0.5, 0.6) is 0 Å². The van der Waals surface area contributed by atoms with Gasteiger partial charge in [0, 0.05) is 46.4 Å². The third-order valence-electron chi connectivity index (χ3n) is 5.85. The highest BCUT2D eigenvalue weighted by molar-refractivity contribution is 14.0. The fraction of sp³-hybridized carbons (Fsp3) is 0.900. The predicted molar refractivity (Wildman–Crippen MR) is 121 cm³/mol. The summed E-state index contributed by atoms with van der Waals surface area (Å²) < 4.78 is 11.6. The number of nitrogens with one attached hydrogen (secondary N) is 1. The summed E-state index contributed by atoms with van der Waals surface area (Å²) in [6, 6.07) is 0. The Kier molecular flexibility index (Phi) is 10.9. The lowest BCUT2D eigenvalue weighted by Crippen LogP contribution is -2.55. The number of nitrogens with zero attached hydrogens (tertiary/aromatic N) is 3. The van der Waals surface area contributed by atoms with E-state index in [9.17, 15) is 4.79 Å². The molecule has 1 amide bonds. The molecule has 0 aromatic heterocycles. The van der Waals surface area contributed by atoms with Crippen molar-refractivity contribution in [2.75, 3.05) is 53.0 Å². The van der Waals surface area contributed by atoms with Gasteiger partial charge in [0.05, 0.1) is 12.7 Å². The molecule has 28 heavy (non-hydrogen) atoms. The summed E-state index contributed by atoms with van der Waals surface area (Å²) in [5.74, 6) is 1.07. The molecule has 0 bridgehead atoms. The number of guanidine groups is 1. The van der Waals surface area contributed by atoms with E-state index in [1.54, 1.807) is 0 Å². The van der Waals surface area contributed by atoms with E-state index in [4.69, 9.17) is 9.47 Å². The molecule has 0 aromatic carbocycles. The number of aliphatic imine (C=N–C) groups is 1. The van der Waals surface area contributed by atoms with Gasteiger partial charge in [0.2, 0.25) is 0 Å². The standard InChI is InChI=1S/C20H36N4O3.HI/c1-21-20(22-10-16-26-17-7-4-2-3-5-8-17)24-13-11-23(12-14-24)19(25)18-9-6-15-27-18;/h17-18H,2-16H2,1H3,(H,21,22);1H. The van der Waals surface area contributed by atoms with Gasteiger partial charge < -0.3 is 24.6 Å². The highest BCUT2D eigenvalue weighted by Gasteiger charge is 2.30. The molecule has 1 saturated carbocycles. The van der Waals surface area contributed by atoms with E-state index in [1.807, 2.05) is 11.9 Å². The molecule has 1 aliphatic carbocycles. The number of hydrogen-bond donors (Lipinski definition) is 1. The molecule has 3 aliphatic rings. The van der Waals surface area contributed by atoms with Gasteiger partial charge in [-0.2, -0.15) is 0 Å². The van der Waals surface area contributed by atoms with Crippen molar-refractivity contribution < 1.29 is 14.3 Å². The van der Waals surface area contributed by atoms with E-state index in [-0.39, 0.29) is 36.0 Å². The first kappa shape index (κ1) is 23.7. The second-order valence-electron chi connectivity index (χ2n) is 7.77. The zero-order valence-corrected chi connectivity index (χ0v) is 19.6. The second-order valence-corrected chi connectivity index (χ2v) is 7.77. The lowest BCUT2D eigenvalue weighted by atomic mass is 10.1. The molecular weight excluding hydrogens is 471 g/mol. The fourth-order valence-corrected chi connectivity index (χ4v) is 4.24. The molecule has 1 unspecified atom stereocenters. The summed E-state index contributed by atoms with van der Waals surface area (Å²) in [6.07, 6.45) is 9.80. The normalized spacial score (nSPS) is 24.6. The van der Waals surface area contributed by atoms with Crippen molar-refractivity contribution >= 4 is 35.8 Å². The molecule has 162 valence electrons. The first-order valence-electron chi connectivity index (χ1n) is 10.8. The van der Waals surface area contributed by atoms with Gasteiger partial charge in [0.15, 0.2) is 5.96 Å². The largest absolute Gasteiger partial charge is 0.376 e.